The number of halogens is 2. The van der Waals surface area contributed by atoms with E-state index in [0.29, 0.717) is 10.7 Å². The molecule has 1 amide bonds. The number of nitrogens with one attached hydrogen (secondary N) is 1. The summed E-state index contributed by atoms with van der Waals surface area (Å²) in [4.78, 5) is 20.7. The minimum atomic E-state index is -0.718. The zero-order valence-corrected chi connectivity index (χ0v) is 8.72. The van der Waals surface area contributed by atoms with Gasteiger partial charge in [0.25, 0.3) is 5.91 Å². The standard InChI is InChI=1S/C8H5BrClNO2/c9-5-1-2-7(6(10)3-5)11-8(13)4-12/h1-4H,(H,11,13). The minimum Gasteiger partial charge on any atom is -0.318 e. The Kier molecular flexibility index (Phi) is 3.45. The highest BCUT2D eigenvalue weighted by Crippen LogP contribution is 2.25. The molecule has 0 fully saturated rings. The van der Waals surface area contributed by atoms with Gasteiger partial charge in [-0.15, -0.1) is 0 Å². The fourth-order valence-electron chi connectivity index (χ4n) is 0.753. The maximum atomic E-state index is 10.7. The van der Waals surface area contributed by atoms with E-state index in [1.807, 2.05) is 0 Å². The second kappa shape index (κ2) is 4.39. The fourth-order valence-corrected chi connectivity index (χ4v) is 1.47. The summed E-state index contributed by atoms with van der Waals surface area (Å²) >= 11 is 8.98. The van der Waals surface area contributed by atoms with Crippen molar-refractivity contribution < 1.29 is 9.59 Å². The molecule has 0 aliphatic rings. The van der Waals surface area contributed by atoms with E-state index in [1.165, 1.54) is 0 Å². The van der Waals surface area contributed by atoms with Crippen molar-refractivity contribution in [2.45, 2.75) is 0 Å². The lowest BCUT2D eigenvalue weighted by molar-refractivity contribution is -0.127. The average Bonchev–Trinajstić information content (AvgIpc) is 2.09. The Morgan fingerprint density at radius 2 is 2.23 bits per heavy atom. The van der Waals surface area contributed by atoms with E-state index in [-0.39, 0.29) is 6.29 Å². The van der Waals surface area contributed by atoms with Crippen LogP contribution in [0.4, 0.5) is 5.69 Å². The number of carbonyl (C=O) groups excluding carboxylic acids is 2. The molecule has 5 heteroatoms. The Hall–Kier alpha value is -0.870. The Bertz CT molecular complexity index is 354. The molecule has 0 spiro atoms. The topological polar surface area (TPSA) is 46.2 Å². The predicted molar refractivity (Wildman–Crippen MR) is 53.8 cm³/mol. The number of amides is 1. The average molecular weight is 262 g/mol. The molecule has 0 bridgehead atoms. The van der Waals surface area contributed by atoms with Gasteiger partial charge >= 0.3 is 0 Å². The van der Waals surface area contributed by atoms with Crippen molar-refractivity contribution in [1.29, 1.82) is 0 Å². The van der Waals surface area contributed by atoms with Crippen molar-refractivity contribution >= 4 is 45.4 Å². The molecule has 0 unspecified atom stereocenters. The van der Waals surface area contributed by atoms with Crippen LogP contribution in [0.1, 0.15) is 0 Å². The zero-order chi connectivity index (χ0) is 9.84. The van der Waals surface area contributed by atoms with Crippen LogP contribution in [0.5, 0.6) is 0 Å². The molecule has 1 N–H and O–H groups in total. The number of carbonyl (C=O) groups is 2. The molecule has 3 nitrogen and oxygen atoms in total. The third kappa shape index (κ3) is 2.82. The van der Waals surface area contributed by atoms with Gasteiger partial charge in [-0.05, 0) is 18.2 Å². The molecule has 0 saturated carbocycles. The monoisotopic (exact) mass is 261 g/mol. The van der Waals surface area contributed by atoms with E-state index >= 15 is 0 Å². The van der Waals surface area contributed by atoms with Crippen molar-refractivity contribution in [3.8, 4) is 0 Å². The summed E-state index contributed by atoms with van der Waals surface area (Å²) in [6.45, 7) is 0. The van der Waals surface area contributed by atoms with Gasteiger partial charge in [0.15, 0.2) is 0 Å². The summed E-state index contributed by atoms with van der Waals surface area (Å²) in [5.74, 6) is -0.718. The van der Waals surface area contributed by atoms with Gasteiger partial charge in [0.2, 0.25) is 6.29 Å². The quantitative estimate of drug-likeness (QED) is 0.656. The molecule has 0 aromatic heterocycles. The Morgan fingerprint density at radius 3 is 2.77 bits per heavy atom. The van der Waals surface area contributed by atoms with Gasteiger partial charge in [-0.1, -0.05) is 27.5 Å². The molecule has 0 heterocycles. The van der Waals surface area contributed by atoms with Gasteiger partial charge in [-0.2, -0.15) is 0 Å². The molecule has 0 aliphatic heterocycles. The Balaban J connectivity index is 2.89. The lowest BCUT2D eigenvalue weighted by Gasteiger charge is -2.03. The van der Waals surface area contributed by atoms with Crippen molar-refractivity contribution in [2.24, 2.45) is 0 Å². The van der Waals surface area contributed by atoms with E-state index in [9.17, 15) is 9.59 Å². The number of aldehydes is 1. The van der Waals surface area contributed by atoms with Crippen LogP contribution in [-0.2, 0) is 9.59 Å². The molecule has 1 rings (SSSR count). The van der Waals surface area contributed by atoms with E-state index in [0.717, 1.165) is 4.47 Å². The van der Waals surface area contributed by atoms with Crippen molar-refractivity contribution in [3.63, 3.8) is 0 Å². The Morgan fingerprint density at radius 1 is 1.54 bits per heavy atom. The van der Waals surface area contributed by atoms with E-state index in [4.69, 9.17) is 11.6 Å². The highest BCUT2D eigenvalue weighted by molar-refractivity contribution is 9.10. The number of rotatable bonds is 2. The van der Waals surface area contributed by atoms with Gasteiger partial charge in [0.1, 0.15) is 0 Å². The summed E-state index contributed by atoms with van der Waals surface area (Å²) in [6, 6.07) is 4.95. The van der Waals surface area contributed by atoms with Crippen LogP contribution in [0.2, 0.25) is 5.02 Å². The molecule has 1 aromatic carbocycles. The molecule has 13 heavy (non-hydrogen) atoms. The first-order valence-corrected chi connectivity index (χ1v) is 4.52. The van der Waals surface area contributed by atoms with E-state index < -0.39 is 5.91 Å². The first kappa shape index (κ1) is 10.2. The first-order chi connectivity index (χ1) is 6.13. The van der Waals surface area contributed by atoms with Crippen molar-refractivity contribution in [1.82, 2.24) is 0 Å². The summed E-state index contributed by atoms with van der Waals surface area (Å²) in [6.07, 6.45) is 0.193. The smallest absolute Gasteiger partial charge is 0.288 e. The number of hydrogen-bond acceptors (Lipinski definition) is 2. The van der Waals surface area contributed by atoms with Crippen LogP contribution in [0, 0.1) is 0 Å². The minimum absolute atomic E-state index is 0.193. The second-order valence-electron chi connectivity index (χ2n) is 2.23. The normalized spacial score (nSPS) is 9.38. The highest BCUT2D eigenvalue weighted by Gasteiger charge is 2.03. The van der Waals surface area contributed by atoms with Crippen LogP contribution < -0.4 is 5.32 Å². The lowest BCUT2D eigenvalue weighted by Crippen LogP contribution is -2.12. The van der Waals surface area contributed by atoms with Crippen LogP contribution in [-0.4, -0.2) is 12.2 Å². The Labute approximate surface area is 88.2 Å². The van der Waals surface area contributed by atoms with E-state index in [2.05, 4.69) is 21.2 Å². The molecule has 0 saturated heterocycles. The van der Waals surface area contributed by atoms with Gasteiger partial charge in [0, 0.05) is 4.47 Å². The molecule has 0 atom stereocenters. The third-order valence-corrected chi connectivity index (χ3v) is 2.10. The van der Waals surface area contributed by atoms with Gasteiger partial charge < -0.3 is 5.32 Å². The van der Waals surface area contributed by atoms with Crippen LogP contribution >= 0.6 is 27.5 Å². The second-order valence-corrected chi connectivity index (χ2v) is 3.55. The maximum absolute atomic E-state index is 10.7. The lowest BCUT2D eigenvalue weighted by atomic mass is 10.3. The zero-order valence-electron chi connectivity index (χ0n) is 6.38. The maximum Gasteiger partial charge on any atom is 0.288 e. The number of benzene rings is 1. The molecular formula is C8H5BrClNO2. The largest absolute Gasteiger partial charge is 0.318 e. The van der Waals surface area contributed by atoms with Crippen molar-refractivity contribution in [2.75, 3.05) is 5.32 Å². The van der Waals surface area contributed by atoms with Crippen molar-refractivity contribution in [3.05, 3.63) is 27.7 Å². The van der Waals surface area contributed by atoms with Crippen LogP contribution in [0.25, 0.3) is 0 Å². The predicted octanol–water partition coefficient (Wildman–Crippen LogP) is 2.24. The summed E-state index contributed by atoms with van der Waals surface area (Å²) in [5.41, 5.74) is 0.418. The van der Waals surface area contributed by atoms with Crippen LogP contribution in [0.3, 0.4) is 0 Å². The number of anilines is 1. The molecular weight excluding hydrogens is 257 g/mol. The summed E-state index contributed by atoms with van der Waals surface area (Å²) < 4.78 is 0.807. The highest BCUT2D eigenvalue weighted by atomic mass is 79.9. The van der Waals surface area contributed by atoms with Gasteiger partial charge in [-0.25, -0.2) is 0 Å². The van der Waals surface area contributed by atoms with Gasteiger partial charge in [0.05, 0.1) is 10.7 Å². The third-order valence-electron chi connectivity index (χ3n) is 1.30. The summed E-state index contributed by atoms with van der Waals surface area (Å²) in [5, 5.41) is 2.71. The number of hydrogen-bond donors (Lipinski definition) is 1. The molecule has 1 aromatic rings. The van der Waals surface area contributed by atoms with E-state index in [1.54, 1.807) is 18.2 Å². The first-order valence-electron chi connectivity index (χ1n) is 3.34. The van der Waals surface area contributed by atoms with Crippen LogP contribution in [0.15, 0.2) is 22.7 Å². The molecule has 0 radical (unpaired) electrons. The molecule has 68 valence electrons. The molecule has 0 aliphatic carbocycles. The summed E-state index contributed by atoms with van der Waals surface area (Å²) in [7, 11) is 0. The fraction of sp³-hybridized carbons (Fsp3) is 0. The SMILES string of the molecule is O=CC(=O)Nc1ccc(Br)cc1Cl. The van der Waals surface area contributed by atoms with Gasteiger partial charge in [-0.3, -0.25) is 9.59 Å².